The van der Waals surface area contributed by atoms with Crippen molar-refractivity contribution in [3.63, 3.8) is 0 Å². The van der Waals surface area contributed by atoms with Gasteiger partial charge in [0.05, 0.1) is 18.7 Å². The molecule has 2 fully saturated rings. The molecule has 3 aliphatic rings. The number of halogens is 1. The van der Waals surface area contributed by atoms with Crippen LogP contribution in [-0.4, -0.2) is 48.3 Å². The molecule has 3 atom stereocenters. The molecule has 0 aliphatic carbocycles. The van der Waals surface area contributed by atoms with Crippen LogP contribution in [0, 0.1) is 17.7 Å². The number of carbonyl (C=O) groups excluding carboxylic acids is 1. The molecule has 1 amide bonds. The molecule has 0 aromatic heterocycles. The van der Waals surface area contributed by atoms with E-state index >= 15 is 0 Å². The summed E-state index contributed by atoms with van der Waals surface area (Å²) in [7, 11) is 0. The second-order valence-corrected chi connectivity index (χ2v) is 8.56. The van der Waals surface area contributed by atoms with Crippen LogP contribution in [-0.2, 0) is 9.53 Å². The maximum absolute atomic E-state index is 13.4. The van der Waals surface area contributed by atoms with Gasteiger partial charge in [-0.3, -0.25) is 4.79 Å². The minimum Gasteiger partial charge on any atom is -0.394 e. The van der Waals surface area contributed by atoms with E-state index in [0.29, 0.717) is 19.8 Å². The molecule has 6 heteroatoms. The number of aliphatic hydroxyl groups excluding tert-OH is 1. The van der Waals surface area contributed by atoms with E-state index in [0.717, 1.165) is 41.6 Å². The Hall–Kier alpha value is -2.44. The van der Waals surface area contributed by atoms with Crippen molar-refractivity contribution < 1.29 is 19.0 Å². The zero-order chi connectivity index (χ0) is 20.7. The minimum absolute atomic E-state index is 0.0173. The molecule has 158 valence electrons. The second kappa shape index (κ2) is 8.00. The number of carbonyl (C=O) groups is 1. The summed E-state index contributed by atoms with van der Waals surface area (Å²) in [6.07, 6.45) is 2.42. The van der Waals surface area contributed by atoms with E-state index in [9.17, 15) is 14.3 Å². The molecule has 2 aromatic rings. The molecule has 3 aliphatic heterocycles. The molecule has 0 spiro atoms. The Morgan fingerprint density at radius 1 is 1.10 bits per heavy atom. The summed E-state index contributed by atoms with van der Waals surface area (Å²) in [4.78, 5) is 15.4. The predicted octanol–water partition coefficient (Wildman–Crippen LogP) is 3.60. The smallest absolute Gasteiger partial charge is 0.226 e. The Morgan fingerprint density at radius 3 is 2.57 bits per heavy atom. The number of fused-ring (bicyclic) bond motifs is 3. The summed E-state index contributed by atoms with van der Waals surface area (Å²) in [5, 5.41) is 13.5. The highest BCUT2D eigenvalue weighted by molar-refractivity contribution is 5.81. The lowest BCUT2D eigenvalue weighted by Crippen LogP contribution is -2.44. The monoisotopic (exact) mass is 410 g/mol. The molecule has 0 saturated carbocycles. The number of hydrogen-bond donors (Lipinski definition) is 2. The highest BCUT2D eigenvalue weighted by atomic mass is 19.1. The quantitative estimate of drug-likeness (QED) is 0.812. The van der Waals surface area contributed by atoms with Gasteiger partial charge in [-0.2, -0.15) is 0 Å². The first-order valence-electron chi connectivity index (χ1n) is 10.8. The predicted molar refractivity (Wildman–Crippen MR) is 112 cm³/mol. The maximum atomic E-state index is 13.4. The van der Waals surface area contributed by atoms with Gasteiger partial charge in [0.1, 0.15) is 5.82 Å². The van der Waals surface area contributed by atoms with Crippen LogP contribution < -0.4 is 5.32 Å². The van der Waals surface area contributed by atoms with E-state index in [2.05, 4.69) is 11.4 Å². The first-order chi connectivity index (χ1) is 14.7. The Bertz CT molecular complexity index is 927. The van der Waals surface area contributed by atoms with Gasteiger partial charge in [-0.1, -0.05) is 18.2 Å². The zero-order valence-corrected chi connectivity index (χ0v) is 16.9. The molecule has 2 aromatic carbocycles. The van der Waals surface area contributed by atoms with E-state index in [1.807, 2.05) is 17.0 Å². The van der Waals surface area contributed by atoms with Gasteiger partial charge in [-0.15, -0.1) is 0 Å². The van der Waals surface area contributed by atoms with Gasteiger partial charge in [0, 0.05) is 37.3 Å². The van der Waals surface area contributed by atoms with Crippen molar-refractivity contribution in [2.24, 2.45) is 11.8 Å². The van der Waals surface area contributed by atoms with Gasteiger partial charge < -0.3 is 20.1 Å². The second-order valence-electron chi connectivity index (χ2n) is 8.56. The lowest BCUT2D eigenvalue weighted by molar-refractivity contribution is -0.140. The maximum Gasteiger partial charge on any atom is 0.226 e. The van der Waals surface area contributed by atoms with Gasteiger partial charge in [-0.25, -0.2) is 4.39 Å². The third kappa shape index (κ3) is 3.38. The van der Waals surface area contributed by atoms with Crippen LogP contribution in [0.1, 0.15) is 30.9 Å². The van der Waals surface area contributed by atoms with Crippen molar-refractivity contribution in [3.8, 4) is 11.1 Å². The van der Waals surface area contributed by atoms with Crippen molar-refractivity contribution >= 4 is 11.6 Å². The van der Waals surface area contributed by atoms with Crippen LogP contribution >= 0.6 is 0 Å². The van der Waals surface area contributed by atoms with Gasteiger partial charge in [0.25, 0.3) is 0 Å². The van der Waals surface area contributed by atoms with Crippen molar-refractivity contribution in [2.45, 2.75) is 31.3 Å². The zero-order valence-electron chi connectivity index (χ0n) is 16.9. The molecule has 2 N–H and O–H groups in total. The first-order valence-corrected chi connectivity index (χ1v) is 10.8. The molecule has 0 radical (unpaired) electrons. The normalized spacial score (nSPS) is 26.1. The lowest BCUT2D eigenvalue weighted by atomic mass is 9.82. The summed E-state index contributed by atoms with van der Waals surface area (Å²) >= 11 is 0. The number of nitrogens with zero attached hydrogens (tertiary/aromatic N) is 1. The van der Waals surface area contributed by atoms with Crippen LogP contribution in [0.4, 0.5) is 10.1 Å². The molecule has 5 rings (SSSR count). The Balaban J connectivity index is 1.52. The molecule has 0 unspecified atom stereocenters. The summed E-state index contributed by atoms with van der Waals surface area (Å²) in [6, 6.07) is 12.5. The Kier molecular flexibility index (Phi) is 5.21. The van der Waals surface area contributed by atoms with Crippen LogP contribution in [0.15, 0.2) is 42.5 Å². The molecule has 30 heavy (non-hydrogen) atoms. The molecule has 0 bridgehead atoms. The van der Waals surface area contributed by atoms with Crippen LogP contribution in [0.5, 0.6) is 0 Å². The van der Waals surface area contributed by atoms with Crippen molar-refractivity contribution in [1.82, 2.24) is 4.90 Å². The summed E-state index contributed by atoms with van der Waals surface area (Å²) in [5.74, 6) is 0.147. The summed E-state index contributed by atoms with van der Waals surface area (Å²) < 4.78 is 18.8. The number of rotatable bonds is 3. The Morgan fingerprint density at radius 2 is 1.83 bits per heavy atom. The number of likely N-dealkylation sites (tertiary alicyclic amines) is 1. The van der Waals surface area contributed by atoms with Crippen LogP contribution in [0.2, 0.25) is 0 Å². The van der Waals surface area contributed by atoms with Crippen LogP contribution in [0.3, 0.4) is 0 Å². The van der Waals surface area contributed by atoms with E-state index in [-0.39, 0.29) is 42.3 Å². The highest BCUT2D eigenvalue weighted by Gasteiger charge is 2.46. The third-order valence-corrected chi connectivity index (χ3v) is 6.90. The lowest BCUT2D eigenvalue weighted by Gasteiger charge is -2.40. The van der Waals surface area contributed by atoms with E-state index in [1.165, 1.54) is 12.1 Å². The summed E-state index contributed by atoms with van der Waals surface area (Å²) in [6.45, 7) is 2.04. The number of ether oxygens (including phenoxy) is 1. The van der Waals surface area contributed by atoms with Crippen LogP contribution in [0.25, 0.3) is 11.1 Å². The van der Waals surface area contributed by atoms with Crippen molar-refractivity contribution in [1.29, 1.82) is 0 Å². The van der Waals surface area contributed by atoms with E-state index in [4.69, 9.17) is 4.74 Å². The number of amides is 1. The SMILES string of the molecule is O=C(C1CCOCC1)N1CC[C@H]2[C@H](CO)Nc3ccc(-c4ccc(F)cc4)cc3[C@H]21. The first kappa shape index (κ1) is 19.5. The average molecular weight is 410 g/mol. The van der Waals surface area contributed by atoms with Gasteiger partial charge in [0.2, 0.25) is 5.91 Å². The number of hydrogen-bond acceptors (Lipinski definition) is 4. The Labute approximate surface area is 175 Å². The van der Waals surface area contributed by atoms with Gasteiger partial charge >= 0.3 is 0 Å². The van der Waals surface area contributed by atoms with Gasteiger partial charge in [0.15, 0.2) is 0 Å². The average Bonchev–Trinajstić information content (AvgIpc) is 3.24. The molecular weight excluding hydrogens is 383 g/mol. The largest absolute Gasteiger partial charge is 0.394 e. The van der Waals surface area contributed by atoms with Gasteiger partial charge in [-0.05, 0) is 60.2 Å². The number of nitrogens with one attached hydrogen (secondary N) is 1. The number of aliphatic hydroxyl groups is 1. The topological polar surface area (TPSA) is 61.8 Å². The van der Waals surface area contributed by atoms with E-state index < -0.39 is 0 Å². The number of anilines is 1. The molecule has 2 saturated heterocycles. The van der Waals surface area contributed by atoms with Crippen molar-refractivity contribution in [3.05, 3.63) is 53.8 Å². The third-order valence-electron chi connectivity index (χ3n) is 6.90. The van der Waals surface area contributed by atoms with Crippen molar-refractivity contribution in [2.75, 3.05) is 31.7 Å². The number of benzene rings is 2. The summed E-state index contributed by atoms with van der Waals surface area (Å²) in [5.41, 5.74) is 4.00. The standard InChI is InChI=1S/C24H27FN2O3/c25-18-4-1-15(2-5-18)17-3-6-21-20(13-17)23-19(22(14-28)26-21)7-10-27(23)24(29)16-8-11-30-12-9-16/h1-6,13,16,19,22-23,26,28H,7-12,14H2/t19-,22-,23-/m0/s1. The fraction of sp³-hybridized carbons (Fsp3) is 0.458. The molecular formula is C24H27FN2O3. The molecule has 5 nitrogen and oxygen atoms in total. The molecule has 3 heterocycles. The fourth-order valence-corrected chi connectivity index (χ4v) is 5.31. The van der Waals surface area contributed by atoms with E-state index in [1.54, 1.807) is 12.1 Å². The minimum atomic E-state index is -0.256. The highest BCUT2D eigenvalue weighted by Crippen LogP contribution is 2.48. The fourth-order valence-electron chi connectivity index (χ4n) is 5.31.